The molecule has 8 aromatic rings. The van der Waals surface area contributed by atoms with Crippen LogP contribution in [0, 0.1) is 0 Å². The van der Waals surface area contributed by atoms with Crippen LogP contribution in [0.15, 0.2) is 174 Å². The van der Waals surface area contributed by atoms with Crippen molar-refractivity contribution >= 4 is 37.7 Å². The molecule has 8 rings (SSSR count). The van der Waals surface area contributed by atoms with Gasteiger partial charge >= 0.3 is 0 Å². The largest absolute Gasteiger partial charge is 0.309 e. The zero-order valence-electron chi connectivity index (χ0n) is 24.0. The maximum absolute atomic E-state index is 3.79. The molecular formula is C42H28BrN. The van der Waals surface area contributed by atoms with Crippen molar-refractivity contribution in [2.45, 2.75) is 0 Å². The second-order valence-corrected chi connectivity index (χ2v) is 11.9. The Morgan fingerprint density at radius 3 is 1.66 bits per heavy atom. The Labute approximate surface area is 265 Å². The first-order valence-corrected chi connectivity index (χ1v) is 15.7. The smallest absolute Gasteiger partial charge is 0.0547 e. The molecule has 2 heteroatoms. The van der Waals surface area contributed by atoms with Crippen LogP contribution in [0.25, 0.3) is 72.0 Å². The van der Waals surface area contributed by atoms with Crippen LogP contribution in [0.4, 0.5) is 0 Å². The average Bonchev–Trinajstić information content (AvgIpc) is 3.43. The van der Waals surface area contributed by atoms with E-state index in [1.165, 1.54) is 66.3 Å². The summed E-state index contributed by atoms with van der Waals surface area (Å²) in [4.78, 5) is 0. The van der Waals surface area contributed by atoms with Gasteiger partial charge in [-0.15, -0.1) is 0 Å². The molecule has 0 atom stereocenters. The molecule has 0 bridgehead atoms. The van der Waals surface area contributed by atoms with Gasteiger partial charge in [0.05, 0.1) is 11.0 Å². The van der Waals surface area contributed by atoms with E-state index in [4.69, 9.17) is 0 Å². The molecule has 0 unspecified atom stereocenters. The highest BCUT2D eigenvalue weighted by atomic mass is 79.9. The van der Waals surface area contributed by atoms with Gasteiger partial charge in [-0.05, 0) is 74.8 Å². The summed E-state index contributed by atoms with van der Waals surface area (Å²) in [5, 5.41) is 2.50. The van der Waals surface area contributed by atoms with Crippen LogP contribution >= 0.6 is 15.9 Å². The highest BCUT2D eigenvalue weighted by Gasteiger charge is 2.17. The molecule has 0 N–H and O–H groups in total. The van der Waals surface area contributed by atoms with Crippen molar-refractivity contribution in [3.63, 3.8) is 0 Å². The number of nitrogens with zero attached hydrogens (tertiary/aromatic N) is 1. The molecule has 0 spiro atoms. The highest BCUT2D eigenvalue weighted by molar-refractivity contribution is 9.10. The topological polar surface area (TPSA) is 4.93 Å². The second kappa shape index (κ2) is 11.1. The summed E-state index contributed by atoms with van der Waals surface area (Å²) in [7, 11) is 0. The lowest BCUT2D eigenvalue weighted by Crippen LogP contribution is -1.96. The third-order valence-corrected chi connectivity index (χ3v) is 9.20. The number of benzene rings is 7. The van der Waals surface area contributed by atoms with Gasteiger partial charge in [-0.3, -0.25) is 0 Å². The number of para-hydroxylation sites is 1. The molecule has 0 aliphatic carbocycles. The fourth-order valence-electron chi connectivity index (χ4n) is 6.46. The summed E-state index contributed by atoms with van der Waals surface area (Å²) in [6.07, 6.45) is 0. The fourth-order valence-corrected chi connectivity index (χ4v) is 6.96. The van der Waals surface area contributed by atoms with Gasteiger partial charge in [-0.25, -0.2) is 0 Å². The van der Waals surface area contributed by atoms with E-state index in [0.717, 1.165) is 10.2 Å². The van der Waals surface area contributed by atoms with Crippen LogP contribution < -0.4 is 0 Å². The molecule has 0 fully saturated rings. The molecule has 0 aliphatic rings. The van der Waals surface area contributed by atoms with E-state index >= 15 is 0 Å². The molecule has 0 radical (unpaired) electrons. The van der Waals surface area contributed by atoms with Gasteiger partial charge in [-0.1, -0.05) is 155 Å². The van der Waals surface area contributed by atoms with Crippen LogP contribution in [0.1, 0.15) is 0 Å². The number of fused-ring (bicyclic) bond motifs is 3. The maximum Gasteiger partial charge on any atom is 0.0547 e. The fraction of sp³-hybridized carbons (Fsp3) is 0. The van der Waals surface area contributed by atoms with Gasteiger partial charge in [0.25, 0.3) is 0 Å². The van der Waals surface area contributed by atoms with E-state index in [1.54, 1.807) is 0 Å². The monoisotopic (exact) mass is 625 g/mol. The molecule has 0 aliphatic heterocycles. The zero-order chi connectivity index (χ0) is 29.5. The second-order valence-electron chi connectivity index (χ2n) is 11.1. The summed E-state index contributed by atoms with van der Waals surface area (Å²) < 4.78 is 3.52. The van der Waals surface area contributed by atoms with E-state index in [9.17, 15) is 0 Å². The van der Waals surface area contributed by atoms with Gasteiger partial charge in [0.15, 0.2) is 0 Å². The number of hydrogen-bond acceptors (Lipinski definition) is 0. The first kappa shape index (κ1) is 26.4. The summed E-state index contributed by atoms with van der Waals surface area (Å²) in [6, 6.07) is 61.1. The van der Waals surface area contributed by atoms with Crippen LogP contribution in [-0.4, -0.2) is 4.57 Å². The molecule has 1 heterocycles. The zero-order valence-corrected chi connectivity index (χ0v) is 25.6. The summed E-state index contributed by atoms with van der Waals surface area (Å²) in [5.41, 5.74) is 13.2. The number of rotatable bonds is 5. The van der Waals surface area contributed by atoms with Gasteiger partial charge in [0.2, 0.25) is 0 Å². The highest BCUT2D eigenvalue weighted by Crippen LogP contribution is 2.41. The third kappa shape index (κ3) is 4.56. The molecule has 0 amide bonds. The molecule has 0 saturated carbocycles. The van der Waals surface area contributed by atoms with Gasteiger partial charge in [0, 0.05) is 20.9 Å². The van der Waals surface area contributed by atoms with Crippen LogP contribution in [0.2, 0.25) is 0 Å². The molecule has 0 saturated heterocycles. The third-order valence-electron chi connectivity index (χ3n) is 8.51. The Bertz CT molecular complexity index is 2280. The Hall–Kier alpha value is -5.18. The Morgan fingerprint density at radius 1 is 0.341 bits per heavy atom. The van der Waals surface area contributed by atoms with Crippen molar-refractivity contribution in [1.29, 1.82) is 0 Å². The molecule has 1 aromatic heterocycles. The molecule has 7 aromatic carbocycles. The molecular weight excluding hydrogens is 598 g/mol. The van der Waals surface area contributed by atoms with E-state index in [2.05, 4.69) is 190 Å². The van der Waals surface area contributed by atoms with E-state index < -0.39 is 0 Å². The standard InChI is InChI=1S/C42H28BrN/c43-40-21-11-9-19-36(40)35-18-8-7-17-33(35)31-23-25-38-37-20-10-12-22-41(37)44(42(38)27-31)32-24-26-34(29-13-3-1-4-14-29)39(28-32)30-15-5-2-6-16-30/h1-28H. The number of halogens is 1. The lowest BCUT2D eigenvalue weighted by molar-refractivity contribution is 1.18. The number of hydrogen-bond donors (Lipinski definition) is 0. The van der Waals surface area contributed by atoms with Crippen LogP contribution in [0.3, 0.4) is 0 Å². The quantitative estimate of drug-likeness (QED) is 0.179. The predicted octanol–water partition coefficient (Wildman–Crippen LogP) is 12.2. The minimum atomic E-state index is 1.09. The van der Waals surface area contributed by atoms with Crippen molar-refractivity contribution in [3.8, 4) is 50.2 Å². The SMILES string of the molecule is Brc1ccccc1-c1ccccc1-c1ccc2c3ccccc3n(-c3ccc(-c4ccccc4)c(-c4ccccc4)c3)c2c1. The van der Waals surface area contributed by atoms with Crippen LogP contribution in [0.5, 0.6) is 0 Å². The van der Waals surface area contributed by atoms with Crippen molar-refractivity contribution in [2.75, 3.05) is 0 Å². The summed E-state index contributed by atoms with van der Waals surface area (Å²) in [6.45, 7) is 0. The molecule has 44 heavy (non-hydrogen) atoms. The van der Waals surface area contributed by atoms with Gasteiger partial charge < -0.3 is 4.57 Å². The van der Waals surface area contributed by atoms with Crippen molar-refractivity contribution < 1.29 is 0 Å². The first-order chi connectivity index (χ1) is 21.8. The minimum absolute atomic E-state index is 1.09. The Kier molecular flexibility index (Phi) is 6.70. The average molecular weight is 627 g/mol. The summed E-state index contributed by atoms with van der Waals surface area (Å²) in [5.74, 6) is 0. The molecule has 1 nitrogen and oxygen atoms in total. The normalized spacial score (nSPS) is 11.3. The first-order valence-electron chi connectivity index (χ1n) is 14.9. The van der Waals surface area contributed by atoms with Crippen molar-refractivity contribution in [2.24, 2.45) is 0 Å². The van der Waals surface area contributed by atoms with Crippen LogP contribution in [-0.2, 0) is 0 Å². The van der Waals surface area contributed by atoms with Crippen molar-refractivity contribution in [1.82, 2.24) is 4.57 Å². The van der Waals surface area contributed by atoms with E-state index in [0.29, 0.717) is 0 Å². The Morgan fingerprint density at radius 2 is 0.909 bits per heavy atom. The van der Waals surface area contributed by atoms with E-state index in [-0.39, 0.29) is 0 Å². The maximum atomic E-state index is 3.79. The van der Waals surface area contributed by atoms with Gasteiger partial charge in [0.1, 0.15) is 0 Å². The predicted molar refractivity (Wildman–Crippen MR) is 190 cm³/mol. The van der Waals surface area contributed by atoms with E-state index in [1.807, 2.05) is 0 Å². The number of aromatic nitrogens is 1. The lowest BCUT2D eigenvalue weighted by atomic mass is 9.93. The summed E-state index contributed by atoms with van der Waals surface area (Å²) >= 11 is 3.79. The van der Waals surface area contributed by atoms with Gasteiger partial charge in [-0.2, -0.15) is 0 Å². The lowest BCUT2D eigenvalue weighted by Gasteiger charge is -2.16. The minimum Gasteiger partial charge on any atom is -0.309 e. The van der Waals surface area contributed by atoms with Crippen molar-refractivity contribution in [3.05, 3.63) is 174 Å². The molecule has 208 valence electrons. The Balaban J connectivity index is 1.38.